The lowest BCUT2D eigenvalue weighted by atomic mass is 10.2. The SMILES string of the molecule is O=C1CS(=O)(=O)CCC2(CC2)N1. The second-order valence-corrected chi connectivity index (χ2v) is 5.85. The van der Waals surface area contributed by atoms with Crippen LogP contribution in [0.1, 0.15) is 19.3 Å². The molecule has 0 bridgehead atoms. The van der Waals surface area contributed by atoms with Gasteiger partial charge in [-0.3, -0.25) is 4.79 Å². The lowest BCUT2D eigenvalue weighted by Crippen LogP contribution is -2.36. The van der Waals surface area contributed by atoms with Crippen molar-refractivity contribution in [3.8, 4) is 0 Å². The summed E-state index contributed by atoms with van der Waals surface area (Å²) in [6, 6.07) is 0. The zero-order valence-electron chi connectivity index (χ0n) is 6.67. The molecule has 5 heteroatoms. The van der Waals surface area contributed by atoms with Crippen LogP contribution in [0.25, 0.3) is 0 Å². The summed E-state index contributed by atoms with van der Waals surface area (Å²) >= 11 is 0. The first kappa shape index (κ1) is 8.04. The van der Waals surface area contributed by atoms with Gasteiger partial charge in [0.25, 0.3) is 0 Å². The van der Waals surface area contributed by atoms with Crippen molar-refractivity contribution in [3.05, 3.63) is 0 Å². The molecule has 1 spiro atoms. The topological polar surface area (TPSA) is 63.2 Å². The number of rotatable bonds is 0. The molecule has 1 saturated heterocycles. The molecule has 0 aromatic rings. The van der Waals surface area contributed by atoms with Crippen molar-refractivity contribution >= 4 is 15.7 Å². The van der Waals surface area contributed by atoms with Crippen molar-refractivity contribution in [2.45, 2.75) is 24.8 Å². The highest BCUT2D eigenvalue weighted by Crippen LogP contribution is 2.39. The summed E-state index contributed by atoms with van der Waals surface area (Å²) in [6.45, 7) is 0. The van der Waals surface area contributed by atoms with Crippen LogP contribution in [0.5, 0.6) is 0 Å². The Morgan fingerprint density at radius 2 is 1.92 bits per heavy atom. The fourth-order valence-electron chi connectivity index (χ4n) is 1.54. The van der Waals surface area contributed by atoms with Crippen LogP contribution in [0.15, 0.2) is 0 Å². The van der Waals surface area contributed by atoms with E-state index in [1.54, 1.807) is 0 Å². The molecular weight excluding hydrogens is 178 g/mol. The van der Waals surface area contributed by atoms with E-state index in [4.69, 9.17) is 0 Å². The largest absolute Gasteiger partial charge is 0.350 e. The number of carbonyl (C=O) groups excluding carboxylic acids is 1. The molecule has 1 N–H and O–H groups in total. The molecule has 1 saturated carbocycles. The maximum Gasteiger partial charge on any atom is 0.235 e. The fraction of sp³-hybridized carbons (Fsp3) is 0.857. The van der Waals surface area contributed by atoms with E-state index in [9.17, 15) is 13.2 Å². The highest BCUT2D eigenvalue weighted by molar-refractivity contribution is 7.92. The van der Waals surface area contributed by atoms with Crippen LogP contribution >= 0.6 is 0 Å². The zero-order chi connectivity index (χ0) is 8.82. The number of amides is 1. The fourth-order valence-corrected chi connectivity index (χ4v) is 2.86. The maximum absolute atomic E-state index is 11.1. The molecule has 2 fully saturated rings. The van der Waals surface area contributed by atoms with Gasteiger partial charge in [0.1, 0.15) is 5.75 Å². The van der Waals surface area contributed by atoms with Crippen molar-refractivity contribution in [1.29, 1.82) is 0 Å². The van der Waals surface area contributed by atoms with Crippen LogP contribution in [0.2, 0.25) is 0 Å². The van der Waals surface area contributed by atoms with Gasteiger partial charge < -0.3 is 5.32 Å². The molecule has 0 aromatic heterocycles. The van der Waals surface area contributed by atoms with Crippen LogP contribution in [0.3, 0.4) is 0 Å². The summed E-state index contributed by atoms with van der Waals surface area (Å²) in [5.74, 6) is -0.495. The second-order valence-electron chi connectivity index (χ2n) is 3.67. The third-order valence-electron chi connectivity index (χ3n) is 2.50. The van der Waals surface area contributed by atoms with Crippen molar-refractivity contribution in [3.63, 3.8) is 0 Å². The van der Waals surface area contributed by atoms with E-state index in [-0.39, 0.29) is 23.0 Å². The molecule has 1 aliphatic carbocycles. The first-order valence-electron chi connectivity index (χ1n) is 4.03. The zero-order valence-corrected chi connectivity index (χ0v) is 7.49. The van der Waals surface area contributed by atoms with Gasteiger partial charge >= 0.3 is 0 Å². The van der Waals surface area contributed by atoms with Gasteiger partial charge in [-0.25, -0.2) is 8.42 Å². The Morgan fingerprint density at radius 1 is 1.25 bits per heavy atom. The predicted octanol–water partition coefficient (Wildman–Crippen LogP) is -0.546. The normalized spacial score (nSPS) is 30.8. The second kappa shape index (κ2) is 2.22. The predicted molar refractivity (Wildman–Crippen MR) is 43.4 cm³/mol. The maximum atomic E-state index is 11.1. The first-order valence-corrected chi connectivity index (χ1v) is 5.85. The molecule has 0 aromatic carbocycles. The third-order valence-corrected chi connectivity index (χ3v) is 4.03. The molecule has 1 aliphatic heterocycles. The van der Waals surface area contributed by atoms with E-state index in [1.165, 1.54) is 0 Å². The van der Waals surface area contributed by atoms with Crippen molar-refractivity contribution < 1.29 is 13.2 Å². The highest BCUT2D eigenvalue weighted by Gasteiger charge is 2.46. The molecular formula is C7H11NO3S. The van der Waals surface area contributed by atoms with Gasteiger partial charge in [-0.2, -0.15) is 0 Å². The standard InChI is InChI=1S/C7H11NO3S/c9-6-5-12(10,11)4-3-7(8-6)1-2-7/h1-5H2,(H,8,9). The molecule has 68 valence electrons. The summed E-state index contributed by atoms with van der Waals surface area (Å²) < 4.78 is 22.3. The van der Waals surface area contributed by atoms with Crippen LogP contribution in [0, 0.1) is 0 Å². The van der Waals surface area contributed by atoms with Crippen LogP contribution in [-0.2, 0) is 14.6 Å². The van der Waals surface area contributed by atoms with Gasteiger partial charge in [0.15, 0.2) is 9.84 Å². The molecule has 0 atom stereocenters. The number of hydrogen-bond acceptors (Lipinski definition) is 3. The van der Waals surface area contributed by atoms with E-state index < -0.39 is 9.84 Å². The minimum atomic E-state index is -3.11. The third kappa shape index (κ3) is 1.46. The van der Waals surface area contributed by atoms with Gasteiger partial charge in [0, 0.05) is 5.54 Å². The van der Waals surface area contributed by atoms with E-state index in [0.29, 0.717) is 6.42 Å². The number of nitrogens with one attached hydrogen (secondary N) is 1. The van der Waals surface area contributed by atoms with Crippen molar-refractivity contribution in [1.82, 2.24) is 5.32 Å². The quantitative estimate of drug-likeness (QED) is 0.556. The van der Waals surface area contributed by atoms with Crippen molar-refractivity contribution in [2.24, 2.45) is 0 Å². The van der Waals surface area contributed by atoms with Crippen LogP contribution in [-0.4, -0.2) is 31.4 Å². The van der Waals surface area contributed by atoms with E-state index in [2.05, 4.69) is 5.32 Å². The van der Waals surface area contributed by atoms with Crippen LogP contribution < -0.4 is 5.32 Å². The molecule has 12 heavy (non-hydrogen) atoms. The Bertz CT molecular complexity index is 316. The van der Waals surface area contributed by atoms with Gasteiger partial charge in [-0.15, -0.1) is 0 Å². The van der Waals surface area contributed by atoms with Gasteiger partial charge in [0.05, 0.1) is 5.75 Å². The Balaban J connectivity index is 2.21. The summed E-state index contributed by atoms with van der Waals surface area (Å²) in [5.41, 5.74) is -0.138. The Labute approximate surface area is 71.3 Å². The Kier molecular flexibility index (Phi) is 1.49. The number of hydrogen-bond donors (Lipinski definition) is 1. The molecule has 1 heterocycles. The molecule has 2 aliphatic rings. The minimum absolute atomic E-state index is 0.138. The summed E-state index contributed by atoms with van der Waals surface area (Å²) in [5, 5.41) is 2.77. The number of sulfone groups is 1. The van der Waals surface area contributed by atoms with Crippen molar-refractivity contribution in [2.75, 3.05) is 11.5 Å². The number of carbonyl (C=O) groups is 1. The average molecular weight is 189 g/mol. The summed E-state index contributed by atoms with van der Waals surface area (Å²) in [7, 11) is -3.11. The highest BCUT2D eigenvalue weighted by atomic mass is 32.2. The smallest absolute Gasteiger partial charge is 0.235 e. The summed E-state index contributed by atoms with van der Waals surface area (Å²) in [6.07, 6.45) is 2.48. The Morgan fingerprint density at radius 3 is 2.50 bits per heavy atom. The molecule has 4 nitrogen and oxygen atoms in total. The van der Waals surface area contributed by atoms with Crippen LogP contribution in [0.4, 0.5) is 0 Å². The van der Waals surface area contributed by atoms with Gasteiger partial charge in [-0.05, 0) is 19.3 Å². The van der Waals surface area contributed by atoms with E-state index >= 15 is 0 Å². The molecule has 0 radical (unpaired) electrons. The molecule has 1 amide bonds. The molecule has 0 unspecified atom stereocenters. The van der Waals surface area contributed by atoms with Gasteiger partial charge in [-0.1, -0.05) is 0 Å². The van der Waals surface area contributed by atoms with E-state index in [1.807, 2.05) is 0 Å². The first-order chi connectivity index (χ1) is 5.52. The van der Waals surface area contributed by atoms with Gasteiger partial charge in [0.2, 0.25) is 5.91 Å². The molecule has 2 rings (SSSR count). The summed E-state index contributed by atoms with van der Waals surface area (Å²) in [4.78, 5) is 11.1. The lowest BCUT2D eigenvalue weighted by Gasteiger charge is -2.10. The average Bonchev–Trinajstić information content (AvgIpc) is 2.64. The monoisotopic (exact) mass is 189 g/mol. The Hall–Kier alpha value is -0.580. The minimum Gasteiger partial charge on any atom is -0.350 e. The van der Waals surface area contributed by atoms with E-state index in [0.717, 1.165) is 12.8 Å². The lowest BCUT2D eigenvalue weighted by molar-refractivity contribution is -0.119.